The minimum absolute atomic E-state index is 0.0155. The second-order valence-corrected chi connectivity index (χ2v) is 20.4. The summed E-state index contributed by atoms with van der Waals surface area (Å²) in [7, 11) is 0. The molecule has 0 radical (unpaired) electrons. The van der Waals surface area contributed by atoms with Crippen LogP contribution in [0.2, 0.25) is 0 Å². The van der Waals surface area contributed by atoms with Gasteiger partial charge in [-0.05, 0) is 173 Å². The van der Waals surface area contributed by atoms with Gasteiger partial charge in [0.25, 0.3) is 6.71 Å². The Labute approximate surface area is 378 Å². The predicted octanol–water partition coefficient (Wildman–Crippen LogP) is 14.9. The Morgan fingerprint density at radius 3 is 1.67 bits per heavy atom. The minimum Gasteiger partial charge on any atom is -0.311 e. The van der Waals surface area contributed by atoms with Gasteiger partial charge in [0.05, 0.1) is 0 Å². The lowest BCUT2D eigenvalue weighted by Crippen LogP contribution is -2.61. The number of para-hydroxylation sites is 1. The fraction of sp³-hybridized carbons (Fsp3) is 0.288. The lowest BCUT2D eigenvalue weighted by molar-refractivity contribution is 0.590. The first kappa shape index (κ1) is 42.3. The Bertz CT molecular complexity index is 2750. The van der Waals surface area contributed by atoms with Crippen molar-refractivity contribution >= 4 is 74.3 Å². The van der Waals surface area contributed by atoms with Gasteiger partial charge in [-0.25, -0.2) is 0 Å². The summed E-state index contributed by atoms with van der Waals surface area (Å²) < 4.78 is 0. The summed E-state index contributed by atoms with van der Waals surface area (Å²) in [5.41, 5.74) is 22.7. The second kappa shape index (κ2) is 16.6. The van der Waals surface area contributed by atoms with E-state index in [4.69, 9.17) is 0 Å². The van der Waals surface area contributed by atoms with Crippen LogP contribution in [-0.2, 0) is 17.3 Å². The van der Waals surface area contributed by atoms with E-state index in [1.54, 1.807) is 0 Å². The Morgan fingerprint density at radius 2 is 1.05 bits per heavy atom. The van der Waals surface area contributed by atoms with Crippen LogP contribution in [0.4, 0.5) is 51.2 Å². The summed E-state index contributed by atoms with van der Waals surface area (Å²) in [6.45, 7) is 22.9. The average molecular weight is 826 g/mol. The molecule has 0 fully saturated rings. The van der Waals surface area contributed by atoms with Crippen molar-refractivity contribution in [2.75, 3.05) is 14.7 Å². The highest BCUT2D eigenvalue weighted by Gasteiger charge is 2.44. The number of unbranched alkanes of at least 4 members (excludes halogenated alkanes) is 3. The monoisotopic (exact) mass is 826 g/mol. The van der Waals surface area contributed by atoms with Crippen molar-refractivity contribution in [1.29, 1.82) is 0 Å². The zero-order valence-electron chi connectivity index (χ0n) is 39.3. The van der Waals surface area contributed by atoms with E-state index < -0.39 is 0 Å². The van der Waals surface area contributed by atoms with Crippen molar-refractivity contribution in [2.45, 2.75) is 112 Å². The number of rotatable bonds is 10. The van der Waals surface area contributed by atoms with Crippen LogP contribution in [0.5, 0.6) is 0 Å². The molecule has 318 valence electrons. The largest absolute Gasteiger partial charge is 0.311 e. The maximum Gasteiger partial charge on any atom is 0.252 e. The molecule has 0 bridgehead atoms. The summed E-state index contributed by atoms with van der Waals surface area (Å²) in [6.07, 6.45) is 6.17. The molecule has 0 aliphatic carbocycles. The molecule has 0 aromatic heterocycles. The van der Waals surface area contributed by atoms with E-state index in [2.05, 4.69) is 230 Å². The zero-order chi connectivity index (χ0) is 44.2. The van der Waals surface area contributed by atoms with Gasteiger partial charge >= 0.3 is 0 Å². The van der Waals surface area contributed by atoms with E-state index in [-0.39, 0.29) is 17.5 Å². The van der Waals surface area contributed by atoms with Gasteiger partial charge in [-0.2, -0.15) is 0 Å². The Balaban J connectivity index is 1.31. The maximum absolute atomic E-state index is 2.58. The molecular formula is C59H64BN3. The Kier molecular flexibility index (Phi) is 11.2. The summed E-state index contributed by atoms with van der Waals surface area (Å²) in [6, 6.07) is 56.0. The van der Waals surface area contributed by atoms with Gasteiger partial charge in [0.2, 0.25) is 0 Å². The molecule has 63 heavy (non-hydrogen) atoms. The molecule has 0 unspecified atom stereocenters. The minimum atomic E-state index is -0.0155. The molecule has 7 aromatic rings. The van der Waals surface area contributed by atoms with Crippen LogP contribution in [-0.4, -0.2) is 6.71 Å². The van der Waals surface area contributed by atoms with Gasteiger partial charge in [0.15, 0.2) is 0 Å². The first-order valence-electron chi connectivity index (χ1n) is 23.4. The third kappa shape index (κ3) is 8.10. The van der Waals surface area contributed by atoms with Gasteiger partial charge < -0.3 is 14.7 Å². The number of benzene rings is 7. The van der Waals surface area contributed by atoms with Gasteiger partial charge in [-0.15, -0.1) is 0 Å². The summed E-state index contributed by atoms with van der Waals surface area (Å²) >= 11 is 0. The summed E-state index contributed by atoms with van der Waals surface area (Å²) in [5.74, 6) is 0. The van der Waals surface area contributed by atoms with Crippen LogP contribution in [0, 0.1) is 20.8 Å². The first-order valence-corrected chi connectivity index (χ1v) is 23.4. The van der Waals surface area contributed by atoms with Gasteiger partial charge in [-0.3, -0.25) is 0 Å². The van der Waals surface area contributed by atoms with Crippen molar-refractivity contribution in [2.24, 2.45) is 0 Å². The number of anilines is 9. The van der Waals surface area contributed by atoms with Crippen LogP contribution in [0.25, 0.3) is 0 Å². The molecule has 2 heterocycles. The van der Waals surface area contributed by atoms with Crippen molar-refractivity contribution < 1.29 is 0 Å². The number of fused-ring (bicyclic) bond motifs is 4. The zero-order valence-corrected chi connectivity index (χ0v) is 39.3. The molecule has 2 aliphatic rings. The molecular weight excluding hydrogens is 761 g/mol. The molecule has 0 N–H and O–H groups in total. The topological polar surface area (TPSA) is 9.72 Å². The lowest BCUT2D eigenvalue weighted by atomic mass is 9.33. The molecule has 0 amide bonds. The molecule has 4 heteroatoms. The number of aryl methyl sites for hydroxylation is 4. The van der Waals surface area contributed by atoms with E-state index in [1.165, 1.54) is 110 Å². The fourth-order valence-electron chi connectivity index (χ4n) is 10.1. The van der Waals surface area contributed by atoms with Gasteiger partial charge in [0.1, 0.15) is 0 Å². The highest BCUT2D eigenvalue weighted by atomic mass is 15.2. The average Bonchev–Trinajstić information content (AvgIpc) is 3.24. The molecule has 3 nitrogen and oxygen atoms in total. The fourth-order valence-corrected chi connectivity index (χ4v) is 10.1. The Hall–Kier alpha value is -6.00. The maximum atomic E-state index is 2.58. The smallest absolute Gasteiger partial charge is 0.252 e. The lowest BCUT2D eigenvalue weighted by Gasteiger charge is -2.45. The van der Waals surface area contributed by atoms with Crippen molar-refractivity contribution in [1.82, 2.24) is 0 Å². The van der Waals surface area contributed by atoms with E-state index in [0.29, 0.717) is 0 Å². The van der Waals surface area contributed by atoms with E-state index in [9.17, 15) is 0 Å². The molecule has 7 aromatic carbocycles. The predicted molar refractivity (Wildman–Crippen MR) is 275 cm³/mol. The Morgan fingerprint density at radius 1 is 0.460 bits per heavy atom. The van der Waals surface area contributed by atoms with Crippen LogP contribution in [0.1, 0.15) is 108 Å². The van der Waals surface area contributed by atoms with E-state index in [1.807, 2.05) is 0 Å². The number of hydrogen-bond donors (Lipinski definition) is 0. The van der Waals surface area contributed by atoms with Crippen molar-refractivity contribution in [3.63, 3.8) is 0 Å². The highest BCUT2D eigenvalue weighted by molar-refractivity contribution is 7.00. The molecule has 9 rings (SSSR count). The number of nitrogens with zero attached hydrogens (tertiary/aromatic N) is 3. The van der Waals surface area contributed by atoms with E-state index >= 15 is 0 Å². The third-order valence-corrected chi connectivity index (χ3v) is 13.3. The molecule has 2 aliphatic heterocycles. The quantitative estimate of drug-likeness (QED) is 0.100. The molecule has 0 spiro atoms. The summed E-state index contributed by atoms with van der Waals surface area (Å²) in [4.78, 5) is 7.56. The van der Waals surface area contributed by atoms with Crippen molar-refractivity contribution in [3.05, 3.63) is 179 Å². The molecule has 0 atom stereocenters. The van der Waals surface area contributed by atoms with Crippen LogP contribution >= 0.6 is 0 Å². The van der Waals surface area contributed by atoms with Crippen LogP contribution in [0.3, 0.4) is 0 Å². The normalized spacial score (nSPS) is 13.1. The molecule has 0 saturated carbocycles. The number of hydrogen-bond acceptors (Lipinski definition) is 3. The third-order valence-electron chi connectivity index (χ3n) is 13.3. The standard InChI is InChI=1S/C59H64BN3/c1-11-12-13-15-18-43-21-26-47(27-22-43)63-54-39-49(61(46-19-16-14-17-20-46)50-34-40(2)33-41(3)35-50)30-31-51(54)60-52-38-45(59(8,9)10)25-32-53(52)62(55-36-42(4)37-56(63)57(55)60)48-28-23-44(24-29-48)58(5,6)7/h14,16-17,19-39H,11-13,15,18H2,1-10H3. The summed E-state index contributed by atoms with van der Waals surface area (Å²) in [5, 5.41) is 0. The van der Waals surface area contributed by atoms with Gasteiger partial charge in [0, 0.05) is 51.2 Å². The van der Waals surface area contributed by atoms with Gasteiger partial charge in [-0.1, -0.05) is 134 Å². The second-order valence-electron chi connectivity index (χ2n) is 20.4. The van der Waals surface area contributed by atoms with Crippen LogP contribution < -0.4 is 31.1 Å². The first-order chi connectivity index (χ1) is 30.2. The van der Waals surface area contributed by atoms with E-state index in [0.717, 1.165) is 23.5 Å². The van der Waals surface area contributed by atoms with Crippen molar-refractivity contribution in [3.8, 4) is 0 Å². The SMILES string of the molecule is CCCCCCc1ccc(N2c3cc(N(c4ccccc4)c4cc(C)cc(C)c4)ccc3B3c4cc(C(C)(C)C)ccc4N(c4ccc(C(C)(C)C)cc4)c4cc(C)cc2c43)cc1. The molecule has 0 saturated heterocycles. The van der Waals surface area contributed by atoms with Crippen LogP contribution in [0.15, 0.2) is 146 Å². The highest BCUT2D eigenvalue weighted by Crippen LogP contribution is 2.47.